The molecule has 1 aliphatic carbocycles. The first-order valence-corrected chi connectivity index (χ1v) is 10.2. The Balaban J connectivity index is 2.02. The van der Waals surface area contributed by atoms with E-state index in [1.54, 1.807) is 12.2 Å². The third kappa shape index (κ3) is 7.02. The molecule has 0 spiro atoms. The van der Waals surface area contributed by atoms with Crippen LogP contribution in [0.15, 0.2) is 79.6 Å². The van der Waals surface area contributed by atoms with Gasteiger partial charge in [0.05, 0.1) is 0 Å². The largest absolute Gasteiger partial charge is 0.475 e. The average molecular weight is 399 g/mol. The van der Waals surface area contributed by atoms with Crippen molar-refractivity contribution in [1.29, 1.82) is 0 Å². The van der Waals surface area contributed by atoms with Crippen LogP contribution >= 0.6 is 0 Å². The van der Waals surface area contributed by atoms with Crippen molar-refractivity contribution in [2.45, 2.75) is 38.4 Å². The van der Waals surface area contributed by atoms with E-state index in [4.69, 9.17) is 9.47 Å². The standard InChI is InChI=1S/C24H34N2O3/c1-5-10-23(28-19-21-12-8-7-9-13-21)25(3)26(4)24(11-6-2)29-22-16-14-20(18-27)15-17-22/h5-13,20,22,27H,1-2,14-19H2,3-4H3/b23-10+,24-11+. The van der Waals surface area contributed by atoms with Gasteiger partial charge in [0.25, 0.3) is 0 Å². The van der Waals surface area contributed by atoms with Crippen LogP contribution in [0.2, 0.25) is 0 Å². The molecule has 0 heterocycles. The van der Waals surface area contributed by atoms with Crippen LogP contribution < -0.4 is 0 Å². The Morgan fingerprint density at radius 2 is 1.59 bits per heavy atom. The van der Waals surface area contributed by atoms with Crippen molar-refractivity contribution >= 4 is 0 Å². The van der Waals surface area contributed by atoms with Crippen LogP contribution in [-0.4, -0.2) is 41.9 Å². The van der Waals surface area contributed by atoms with E-state index in [1.807, 2.05) is 66.6 Å². The van der Waals surface area contributed by atoms with Gasteiger partial charge in [-0.15, -0.1) is 0 Å². The van der Waals surface area contributed by atoms with Gasteiger partial charge in [0.1, 0.15) is 12.7 Å². The predicted octanol–water partition coefficient (Wildman–Crippen LogP) is 4.60. The Hall–Kier alpha value is -2.66. The van der Waals surface area contributed by atoms with E-state index in [-0.39, 0.29) is 12.7 Å². The third-order valence-electron chi connectivity index (χ3n) is 5.18. The summed E-state index contributed by atoms with van der Waals surface area (Å²) >= 11 is 0. The minimum atomic E-state index is 0.136. The number of aliphatic hydroxyl groups is 1. The Morgan fingerprint density at radius 1 is 1.00 bits per heavy atom. The van der Waals surface area contributed by atoms with Gasteiger partial charge in [-0.05, 0) is 49.3 Å². The van der Waals surface area contributed by atoms with Crippen molar-refractivity contribution in [2.75, 3.05) is 20.7 Å². The fourth-order valence-electron chi connectivity index (χ4n) is 3.30. The molecule has 2 rings (SSSR count). The summed E-state index contributed by atoms with van der Waals surface area (Å²) in [5.41, 5.74) is 1.09. The number of ether oxygens (including phenoxy) is 2. The quantitative estimate of drug-likeness (QED) is 0.335. The highest BCUT2D eigenvalue weighted by molar-refractivity contribution is 5.14. The molecule has 1 aromatic rings. The summed E-state index contributed by atoms with van der Waals surface area (Å²) in [4.78, 5) is 0. The summed E-state index contributed by atoms with van der Waals surface area (Å²) in [5, 5.41) is 13.1. The summed E-state index contributed by atoms with van der Waals surface area (Å²) in [5.74, 6) is 1.76. The average Bonchev–Trinajstić information content (AvgIpc) is 2.76. The fraction of sp³-hybridized carbons (Fsp3) is 0.417. The number of nitrogens with zero attached hydrogens (tertiary/aromatic N) is 2. The molecule has 29 heavy (non-hydrogen) atoms. The molecule has 5 nitrogen and oxygen atoms in total. The molecule has 5 heteroatoms. The van der Waals surface area contributed by atoms with Crippen LogP contribution in [0.25, 0.3) is 0 Å². The highest BCUT2D eigenvalue weighted by Gasteiger charge is 2.24. The van der Waals surface area contributed by atoms with Gasteiger partial charge in [-0.1, -0.05) is 55.6 Å². The van der Waals surface area contributed by atoms with Gasteiger partial charge >= 0.3 is 0 Å². The van der Waals surface area contributed by atoms with E-state index < -0.39 is 0 Å². The molecule has 1 aliphatic rings. The maximum atomic E-state index is 9.34. The zero-order valence-electron chi connectivity index (χ0n) is 17.7. The molecule has 1 N–H and O–H groups in total. The van der Waals surface area contributed by atoms with Crippen LogP contribution in [0.3, 0.4) is 0 Å². The van der Waals surface area contributed by atoms with Gasteiger partial charge in [0.2, 0.25) is 11.8 Å². The summed E-state index contributed by atoms with van der Waals surface area (Å²) < 4.78 is 12.3. The highest BCUT2D eigenvalue weighted by atomic mass is 16.5. The Bertz CT molecular complexity index is 691. The van der Waals surface area contributed by atoms with Gasteiger partial charge in [0, 0.05) is 20.7 Å². The second-order valence-electron chi connectivity index (χ2n) is 7.25. The number of hydrazine groups is 1. The molecule has 0 unspecified atom stereocenters. The molecule has 0 aliphatic heterocycles. The normalized spacial score (nSPS) is 20.0. The fourth-order valence-corrected chi connectivity index (χ4v) is 3.30. The number of aliphatic hydroxyl groups excluding tert-OH is 1. The molecule has 0 aromatic heterocycles. The van der Waals surface area contributed by atoms with E-state index >= 15 is 0 Å². The maximum Gasteiger partial charge on any atom is 0.208 e. The van der Waals surface area contributed by atoms with Gasteiger partial charge in [-0.2, -0.15) is 0 Å². The van der Waals surface area contributed by atoms with Crippen LogP contribution in [0, 0.1) is 5.92 Å². The van der Waals surface area contributed by atoms with Gasteiger partial charge in [0.15, 0.2) is 0 Å². The monoisotopic (exact) mass is 398 g/mol. The molecule has 0 saturated heterocycles. The molecule has 1 fully saturated rings. The van der Waals surface area contributed by atoms with Crippen LogP contribution in [0.5, 0.6) is 0 Å². The van der Waals surface area contributed by atoms with E-state index in [1.165, 1.54) is 0 Å². The lowest BCUT2D eigenvalue weighted by Gasteiger charge is -2.36. The molecule has 0 atom stereocenters. The highest BCUT2D eigenvalue weighted by Crippen LogP contribution is 2.28. The van der Waals surface area contributed by atoms with Crippen LogP contribution in [-0.2, 0) is 16.1 Å². The number of rotatable bonds is 11. The number of allylic oxidation sites excluding steroid dienone is 4. The van der Waals surface area contributed by atoms with E-state index in [9.17, 15) is 5.11 Å². The van der Waals surface area contributed by atoms with Gasteiger partial charge < -0.3 is 14.6 Å². The Morgan fingerprint density at radius 3 is 2.17 bits per heavy atom. The predicted molar refractivity (Wildman–Crippen MR) is 117 cm³/mol. The molecule has 1 aromatic carbocycles. The zero-order valence-corrected chi connectivity index (χ0v) is 17.7. The minimum Gasteiger partial charge on any atom is -0.475 e. The maximum absolute atomic E-state index is 9.34. The molecular weight excluding hydrogens is 364 g/mol. The first-order chi connectivity index (χ1) is 14.1. The molecule has 0 bridgehead atoms. The third-order valence-corrected chi connectivity index (χ3v) is 5.18. The SMILES string of the molecule is C=C/C=C(/OCc1ccccc1)N(C)N(C)/C(=C\C=C)OC1CCC(CO)CC1. The number of hydrogen-bond donors (Lipinski definition) is 1. The second-order valence-corrected chi connectivity index (χ2v) is 7.25. The first kappa shape index (κ1) is 22.6. The van der Waals surface area contributed by atoms with Crippen molar-refractivity contribution in [3.8, 4) is 0 Å². The summed E-state index contributed by atoms with van der Waals surface area (Å²) in [6, 6.07) is 10.0. The topological polar surface area (TPSA) is 45.2 Å². The molecule has 0 amide bonds. The molecule has 1 saturated carbocycles. The van der Waals surface area contributed by atoms with E-state index in [2.05, 4.69) is 13.2 Å². The van der Waals surface area contributed by atoms with Crippen molar-refractivity contribution in [3.05, 3.63) is 85.1 Å². The van der Waals surface area contributed by atoms with Crippen molar-refractivity contribution in [2.24, 2.45) is 5.92 Å². The lowest BCUT2D eigenvalue weighted by atomic mass is 9.88. The molecular formula is C24H34N2O3. The zero-order chi connectivity index (χ0) is 21.1. The summed E-state index contributed by atoms with van der Waals surface area (Å²) in [6.07, 6.45) is 11.1. The van der Waals surface area contributed by atoms with Gasteiger partial charge in [-0.3, -0.25) is 10.0 Å². The number of hydrogen-bond acceptors (Lipinski definition) is 5. The second kappa shape index (κ2) is 12.0. The Labute approximate surface area is 175 Å². The molecule has 0 radical (unpaired) electrons. The van der Waals surface area contributed by atoms with E-state index in [0.717, 1.165) is 31.2 Å². The lowest BCUT2D eigenvalue weighted by molar-refractivity contribution is -0.0625. The van der Waals surface area contributed by atoms with Crippen molar-refractivity contribution in [1.82, 2.24) is 10.0 Å². The van der Waals surface area contributed by atoms with Crippen molar-refractivity contribution in [3.63, 3.8) is 0 Å². The molecule has 158 valence electrons. The smallest absolute Gasteiger partial charge is 0.208 e. The van der Waals surface area contributed by atoms with Gasteiger partial charge in [-0.25, -0.2) is 0 Å². The van der Waals surface area contributed by atoms with Crippen LogP contribution in [0.1, 0.15) is 31.2 Å². The lowest BCUT2D eigenvalue weighted by Crippen LogP contribution is -2.38. The van der Waals surface area contributed by atoms with E-state index in [0.29, 0.717) is 24.3 Å². The minimum absolute atomic E-state index is 0.136. The summed E-state index contributed by atoms with van der Waals surface area (Å²) in [6.45, 7) is 8.35. The van der Waals surface area contributed by atoms with Crippen LogP contribution in [0.4, 0.5) is 0 Å². The first-order valence-electron chi connectivity index (χ1n) is 10.2. The summed E-state index contributed by atoms with van der Waals surface area (Å²) in [7, 11) is 3.85. The Kier molecular flexibility index (Phi) is 9.38. The van der Waals surface area contributed by atoms with Crippen molar-refractivity contribution < 1.29 is 14.6 Å². The number of benzene rings is 1.